The van der Waals surface area contributed by atoms with Gasteiger partial charge in [0.05, 0.1) is 17.9 Å². The van der Waals surface area contributed by atoms with Crippen molar-refractivity contribution < 1.29 is 9.53 Å². The van der Waals surface area contributed by atoms with Gasteiger partial charge in [-0.2, -0.15) is 0 Å². The third kappa shape index (κ3) is 4.63. The van der Waals surface area contributed by atoms with Gasteiger partial charge >= 0.3 is 0 Å². The van der Waals surface area contributed by atoms with Crippen molar-refractivity contribution in [3.8, 4) is 5.75 Å². The number of hydrogen-bond acceptors (Lipinski definition) is 6. The average Bonchev–Trinajstić information content (AvgIpc) is 3.12. The van der Waals surface area contributed by atoms with E-state index < -0.39 is 0 Å². The predicted octanol–water partition coefficient (Wildman–Crippen LogP) is 2.21. The number of benzene rings is 1. The van der Waals surface area contributed by atoms with E-state index in [4.69, 9.17) is 4.74 Å². The minimum Gasteiger partial charge on any atom is -0.492 e. The minimum absolute atomic E-state index is 0.0133. The minimum atomic E-state index is -0.0133. The summed E-state index contributed by atoms with van der Waals surface area (Å²) in [5, 5.41) is 0. The molecule has 1 aromatic carbocycles. The number of ether oxygens (including phenoxy) is 1. The third-order valence-electron chi connectivity index (χ3n) is 5.95. The van der Waals surface area contributed by atoms with Crippen LogP contribution in [0.5, 0.6) is 5.75 Å². The Morgan fingerprint density at radius 3 is 2.80 bits per heavy atom. The number of likely N-dealkylation sites (tertiary alicyclic amines) is 1. The van der Waals surface area contributed by atoms with Gasteiger partial charge in [0.2, 0.25) is 0 Å². The lowest BCUT2D eigenvalue weighted by Gasteiger charge is -2.35. The van der Waals surface area contributed by atoms with Gasteiger partial charge in [-0.15, -0.1) is 0 Å². The van der Waals surface area contributed by atoms with E-state index in [1.54, 1.807) is 12.4 Å². The number of fused-ring (bicyclic) bond motifs is 1. The largest absolute Gasteiger partial charge is 0.492 e. The zero-order valence-electron chi connectivity index (χ0n) is 18.1. The summed E-state index contributed by atoms with van der Waals surface area (Å²) in [6, 6.07) is 8.72. The summed E-state index contributed by atoms with van der Waals surface area (Å²) in [7, 11) is 4.19. The molecule has 0 unspecified atom stereocenters. The summed E-state index contributed by atoms with van der Waals surface area (Å²) in [5.74, 6) is 0.957. The second-order valence-electron chi connectivity index (χ2n) is 8.60. The third-order valence-corrected chi connectivity index (χ3v) is 5.95. The maximum atomic E-state index is 13.1. The van der Waals surface area contributed by atoms with Crippen molar-refractivity contribution in [1.29, 1.82) is 0 Å². The van der Waals surface area contributed by atoms with Crippen molar-refractivity contribution in [1.82, 2.24) is 24.7 Å². The monoisotopic (exact) mass is 409 g/mol. The SMILES string of the molecule is Cc1cnc(C(=O)N2CCC[C@H]2CN2Cc3ccccc3OC[C@H]2CN(C)C)cn1. The number of carbonyl (C=O) groups is 1. The highest BCUT2D eigenvalue weighted by Crippen LogP contribution is 2.27. The van der Waals surface area contributed by atoms with Crippen LogP contribution >= 0.6 is 0 Å². The van der Waals surface area contributed by atoms with Gasteiger partial charge in [0.25, 0.3) is 5.91 Å². The predicted molar refractivity (Wildman–Crippen MR) is 116 cm³/mol. The molecule has 0 spiro atoms. The number of nitrogens with zero attached hydrogens (tertiary/aromatic N) is 5. The van der Waals surface area contributed by atoms with Gasteiger partial charge in [-0.1, -0.05) is 18.2 Å². The molecular formula is C23H31N5O2. The second kappa shape index (κ2) is 9.10. The van der Waals surface area contributed by atoms with E-state index in [0.29, 0.717) is 12.3 Å². The van der Waals surface area contributed by atoms with E-state index in [9.17, 15) is 4.79 Å². The first-order chi connectivity index (χ1) is 14.5. The Morgan fingerprint density at radius 2 is 2.03 bits per heavy atom. The summed E-state index contributed by atoms with van der Waals surface area (Å²) >= 11 is 0. The zero-order valence-corrected chi connectivity index (χ0v) is 18.1. The van der Waals surface area contributed by atoms with Crippen LogP contribution in [0.4, 0.5) is 0 Å². The van der Waals surface area contributed by atoms with Gasteiger partial charge in [-0.05, 0) is 39.9 Å². The molecule has 1 saturated heterocycles. The van der Waals surface area contributed by atoms with Crippen LogP contribution in [0, 0.1) is 6.92 Å². The van der Waals surface area contributed by atoms with Crippen molar-refractivity contribution in [2.45, 2.75) is 38.4 Å². The smallest absolute Gasteiger partial charge is 0.274 e. The van der Waals surface area contributed by atoms with Crippen molar-refractivity contribution in [3.63, 3.8) is 0 Å². The molecule has 0 saturated carbocycles. The fraction of sp³-hybridized carbons (Fsp3) is 0.522. The van der Waals surface area contributed by atoms with Crippen LogP contribution in [-0.2, 0) is 6.54 Å². The molecule has 3 heterocycles. The Balaban J connectivity index is 1.53. The van der Waals surface area contributed by atoms with Crippen LogP contribution in [0.3, 0.4) is 0 Å². The molecule has 0 bridgehead atoms. The summed E-state index contributed by atoms with van der Waals surface area (Å²) in [6.07, 6.45) is 5.29. The van der Waals surface area contributed by atoms with E-state index in [-0.39, 0.29) is 18.0 Å². The van der Waals surface area contributed by atoms with Gasteiger partial charge in [0, 0.05) is 44.0 Å². The molecule has 2 aromatic rings. The van der Waals surface area contributed by atoms with Crippen LogP contribution in [0.2, 0.25) is 0 Å². The number of aryl methyl sites for hydroxylation is 1. The molecule has 2 aliphatic rings. The van der Waals surface area contributed by atoms with Gasteiger partial charge in [0.1, 0.15) is 18.1 Å². The van der Waals surface area contributed by atoms with Crippen LogP contribution in [0.25, 0.3) is 0 Å². The van der Waals surface area contributed by atoms with Crippen LogP contribution < -0.4 is 4.74 Å². The highest BCUT2D eigenvalue weighted by Gasteiger charge is 2.34. The molecule has 2 aliphatic heterocycles. The Kier molecular flexibility index (Phi) is 6.29. The van der Waals surface area contributed by atoms with E-state index in [2.05, 4.69) is 46.0 Å². The Hall–Kier alpha value is -2.51. The fourth-order valence-corrected chi connectivity index (χ4v) is 4.43. The van der Waals surface area contributed by atoms with Crippen LogP contribution in [0.1, 0.15) is 34.6 Å². The molecule has 30 heavy (non-hydrogen) atoms. The van der Waals surface area contributed by atoms with E-state index >= 15 is 0 Å². The summed E-state index contributed by atoms with van der Waals surface area (Å²) < 4.78 is 6.14. The number of carbonyl (C=O) groups excluding carboxylic acids is 1. The van der Waals surface area contributed by atoms with Crippen molar-refractivity contribution >= 4 is 5.91 Å². The van der Waals surface area contributed by atoms with Gasteiger partial charge < -0.3 is 14.5 Å². The molecule has 7 nitrogen and oxygen atoms in total. The quantitative estimate of drug-likeness (QED) is 0.755. The Bertz CT molecular complexity index is 870. The summed E-state index contributed by atoms with van der Waals surface area (Å²) in [5.41, 5.74) is 2.46. The molecule has 1 aromatic heterocycles. The lowest BCUT2D eigenvalue weighted by atomic mass is 10.1. The summed E-state index contributed by atoms with van der Waals surface area (Å²) in [4.78, 5) is 28.4. The number of para-hydroxylation sites is 1. The molecule has 4 rings (SSSR count). The number of hydrogen-bond donors (Lipinski definition) is 0. The molecule has 2 atom stereocenters. The number of likely N-dealkylation sites (N-methyl/N-ethyl adjacent to an activating group) is 1. The number of aromatic nitrogens is 2. The molecule has 0 aliphatic carbocycles. The number of rotatable bonds is 5. The van der Waals surface area contributed by atoms with Crippen LogP contribution in [0.15, 0.2) is 36.7 Å². The second-order valence-corrected chi connectivity index (χ2v) is 8.60. The standard InChI is InChI=1S/C23H31N5O2/c1-17-11-25-21(12-24-17)23(29)28-10-6-8-19(28)15-27-13-18-7-4-5-9-22(18)30-16-20(27)14-26(2)3/h4-5,7,9,11-12,19-20H,6,8,10,13-16H2,1-3H3/t19-,20+/m0/s1. The maximum absolute atomic E-state index is 13.1. The zero-order chi connectivity index (χ0) is 21.1. The Morgan fingerprint density at radius 1 is 1.20 bits per heavy atom. The van der Waals surface area contributed by atoms with Crippen molar-refractivity contribution in [3.05, 3.63) is 53.6 Å². The van der Waals surface area contributed by atoms with E-state index in [1.807, 2.05) is 24.0 Å². The molecule has 1 fully saturated rings. The lowest BCUT2D eigenvalue weighted by molar-refractivity contribution is 0.0612. The first-order valence-electron chi connectivity index (χ1n) is 10.7. The van der Waals surface area contributed by atoms with E-state index in [1.165, 1.54) is 5.56 Å². The molecule has 0 radical (unpaired) electrons. The molecule has 0 N–H and O–H groups in total. The lowest BCUT2D eigenvalue weighted by Crippen LogP contribution is -2.50. The maximum Gasteiger partial charge on any atom is 0.274 e. The highest BCUT2D eigenvalue weighted by atomic mass is 16.5. The molecular weight excluding hydrogens is 378 g/mol. The summed E-state index contributed by atoms with van der Waals surface area (Å²) in [6.45, 7) is 5.89. The molecule has 7 heteroatoms. The van der Waals surface area contributed by atoms with Gasteiger partial charge in [0.15, 0.2) is 0 Å². The normalized spacial score (nSPS) is 21.9. The fourth-order valence-electron chi connectivity index (χ4n) is 4.43. The van der Waals surface area contributed by atoms with Crippen molar-refractivity contribution in [2.24, 2.45) is 0 Å². The molecule has 160 valence electrons. The average molecular weight is 410 g/mol. The van der Waals surface area contributed by atoms with E-state index in [0.717, 1.165) is 50.5 Å². The van der Waals surface area contributed by atoms with Crippen LogP contribution in [-0.4, -0.2) is 83.0 Å². The molecule has 1 amide bonds. The van der Waals surface area contributed by atoms with Gasteiger partial charge in [-0.25, -0.2) is 4.98 Å². The van der Waals surface area contributed by atoms with Crippen molar-refractivity contribution in [2.75, 3.05) is 40.3 Å². The highest BCUT2D eigenvalue weighted by molar-refractivity contribution is 5.92. The number of amides is 1. The van der Waals surface area contributed by atoms with Gasteiger partial charge in [-0.3, -0.25) is 14.7 Å². The first-order valence-corrected chi connectivity index (χ1v) is 10.7. The topological polar surface area (TPSA) is 61.8 Å². The first kappa shape index (κ1) is 20.8. The Labute approximate surface area is 178 Å².